The van der Waals surface area contributed by atoms with E-state index in [1.54, 1.807) is 48.7 Å². The minimum atomic E-state index is -0.326. The molecule has 0 saturated carbocycles. The Balaban J connectivity index is 1.26. The first-order chi connectivity index (χ1) is 20.9. The zero-order valence-corrected chi connectivity index (χ0v) is 23.0. The molecular formula is C36H26F2N2O3. The summed E-state index contributed by atoms with van der Waals surface area (Å²) < 4.78 is 39.1. The molecule has 2 N–H and O–H groups in total. The number of halogens is 2. The van der Waals surface area contributed by atoms with Crippen molar-refractivity contribution in [3.8, 4) is 33.8 Å². The number of aryl methyl sites for hydroxylation is 1. The van der Waals surface area contributed by atoms with Crippen molar-refractivity contribution in [3.05, 3.63) is 138 Å². The number of nitrogens with two attached hydrogens (primary N) is 1. The number of pyridine rings is 1. The molecule has 0 aliphatic rings. The summed E-state index contributed by atoms with van der Waals surface area (Å²) in [4.78, 5) is 16.6. The Morgan fingerprint density at radius 1 is 0.791 bits per heavy atom. The second-order valence-electron chi connectivity index (χ2n) is 10.1. The number of aromatic nitrogens is 1. The third-order valence-corrected chi connectivity index (χ3v) is 6.95. The van der Waals surface area contributed by atoms with Crippen LogP contribution in [-0.2, 0) is 11.2 Å². The number of ether oxygens (including phenoxy) is 1. The van der Waals surface area contributed by atoms with Crippen LogP contribution in [0.15, 0.2) is 120 Å². The van der Waals surface area contributed by atoms with E-state index in [1.165, 1.54) is 30.3 Å². The quantitative estimate of drug-likeness (QED) is 0.175. The van der Waals surface area contributed by atoms with Gasteiger partial charge in [-0.25, -0.2) is 13.8 Å². The van der Waals surface area contributed by atoms with Crippen molar-refractivity contribution in [2.24, 2.45) is 0 Å². The summed E-state index contributed by atoms with van der Waals surface area (Å²) in [5.74, 6) is 1.56. The topological polar surface area (TPSA) is 78.4 Å². The van der Waals surface area contributed by atoms with E-state index in [9.17, 15) is 13.6 Å². The van der Waals surface area contributed by atoms with Gasteiger partial charge in [0, 0.05) is 30.0 Å². The van der Waals surface area contributed by atoms with E-state index in [0.29, 0.717) is 35.1 Å². The first-order valence-corrected chi connectivity index (χ1v) is 13.7. The molecule has 0 spiro atoms. The predicted molar refractivity (Wildman–Crippen MR) is 165 cm³/mol. The molecule has 0 aliphatic heterocycles. The zero-order valence-electron chi connectivity index (χ0n) is 23.0. The molecule has 4 aromatic carbocycles. The maximum atomic E-state index is 13.7. The first kappa shape index (κ1) is 27.6. The number of allylic oxidation sites excluding steroid dienone is 1. The molecule has 2 aromatic heterocycles. The molecule has 6 aromatic rings. The van der Waals surface area contributed by atoms with E-state index in [2.05, 4.69) is 4.98 Å². The number of carbonyl (C=O) groups excluding carboxylic acids is 1. The standard InChI is InChI=1S/C36H26F2N2O3/c37-28-7-3-25(4-8-28)34-21-26(24-5-13-31(14-6-24)42-32-15-9-29(38)10-16-32)19-27-20-33(43-36(27)34)17-12-30(41)11-1-23-2-18-35(39)40-22-23/h1-11,13-16,18-22H,12,17H2,(H2,39,40)/b11-1+. The average molecular weight is 573 g/mol. The predicted octanol–water partition coefficient (Wildman–Crippen LogP) is 9.03. The van der Waals surface area contributed by atoms with Crippen LogP contribution in [0, 0.1) is 11.6 Å². The number of benzene rings is 4. The van der Waals surface area contributed by atoms with Crippen molar-refractivity contribution in [2.45, 2.75) is 12.8 Å². The smallest absolute Gasteiger partial charge is 0.156 e. The van der Waals surface area contributed by atoms with Crippen molar-refractivity contribution < 1.29 is 22.7 Å². The van der Waals surface area contributed by atoms with Gasteiger partial charge in [0.1, 0.15) is 40.3 Å². The maximum absolute atomic E-state index is 13.7. The van der Waals surface area contributed by atoms with Crippen LogP contribution in [0.5, 0.6) is 11.5 Å². The molecule has 0 fully saturated rings. The van der Waals surface area contributed by atoms with Crippen molar-refractivity contribution in [3.63, 3.8) is 0 Å². The third kappa shape index (κ3) is 6.68. The Kier molecular flexibility index (Phi) is 7.78. The van der Waals surface area contributed by atoms with E-state index >= 15 is 0 Å². The molecule has 0 saturated heterocycles. The molecule has 7 heteroatoms. The number of furan rings is 1. The summed E-state index contributed by atoms with van der Waals surface area (Å²) in [7, 11) is 0. The monoisotopic (exact) mass is 572 g/mol. The number of ketones is 1. The molecule has 43 heavy (non-hydrogen) atoms. The minimum Gasteiger partial charge on any atom is -0.460 e. The molecule has 6 rings (SSSR count). The van der Waals surface area contributed by atoms with Crippen molar-refractivity contribution >= 4 is 28.6 Å². The molecule has 0 unspecified atom stereocenters. The van der Waals surface area contributed by atoms with Crippen LogP contribution in [0.25, 0.3) is 39.3 Å². The fourth-order valence-corrected chi connectivity index (χ4v) is 4.73. The van der Waals surface area contributed by atoms with Gasteiger partial charge in [0.2, 0.25) is 0 Å². The highest BCUT2D eigenvalue weighted by Crippen LogP contribution is 2.37. The normalized spacial score (nSPS) is 11.3. The van der Waals surface area contributed by atoms with Crippen molar-refractivity contribution in [1.29, 1.82) is 0 Å². The van der Waals surface area contributed by atoms with Gasteiger partial charge in [-0.2, -0.15) is 0 Å². The summed E-state index contributed by atoms with van der Waals surface area (Å²) in [6.45, 7) is 0. The number of nitrogens with zero attached hydrogens (tertiary/aromatic N) is 1. The van der Waals surface area contributed by atoms with Crippen molar-refractivity contribution in [1.82, 2.24) is 4.98 Å². The molecule has 5 nitrogen and oxygen atoms in total. The third-order valence-electron chi connectivity index (χ3n) is 6.95. The van der Waals surface area contributed by atoms with Crippen LogP contribution in [-0.4, -0.2) is 10.8 Å². The van der Waals surface area contributed by atoms with E-state index in [-0.39, 0.29) is 23.8 Å². The fourth-order valence-electron chi connectivity index (χ4n) is 4.73. The van der Waals surface area contributed by atoms with E-state index < -0.39 is 0 Å². The van der Waals surface area contributed by atoms with Gasteiger partial charge in [-0.1, -0.05) is 24.3 Å². The number of nitrogen functional groups attached to an aromatic ring is 1. The van der Waals surface area contributed by atoms with Gasteiger partial charge in [-0.3, -0.25) is 4.79 Å². The Bertz CT molecular complexity index is 1910. The van der Waals surface area contributed by atoms with E-state index in [0.717, 1.165) is 33.2 Å². The van der Waals surface area contributed by atoms with Gasteiger partial charge in [-0.15, -0.1) is 0 Å². The molecule has 0 bridgehead atoms. The number of rotatable bonds is 9. The number of anilines is 1. The average Bonchev–Trinajstić information content (AvgIpc) is 3.44. The van der Waals surface area contributed by atoms with Gasteiger partial charge in [0.25, 0.3) is 0 Å². The van der Waals surface area contributed by atoms with Crippen LogP contribution in [0.3, 0.4) is 0 Å². The van der Waals surface area contributed by atoms with Gasteiger partial charge in [0.15, 0.2) is 5.78 Å². The SMILES string of the molecule is Nc1ccc(/C=C/C(=O)CCc2cc3cc(-c4ccc(Oc5ccc(F)cc5)cc4)cc(-c4ccc(F)cc4)c3o2)cn1. The molecule has 212 valence electrons. The fraction of sp³-hybridized carbons (Fsp3) is 0.0556. The molecule has 0 amide bonds. The molecule has 0 aliphatic carbocycles. The Hall–Kier alpha value is -5.56. The number of fused-ring (bicyclic) bond motifs is 1. The summed E-state index contributed by atoms with van der Waals surface area (Å²) in [5.41, 5.74) is 10.6. The van der Waals surface area contributed by atoms with Gasteiger partial charge in [0.05, 0.1) is 0 Å². The highest BCUT2D eigenvalue weighted by molar-refractivity contribution is 5.97. The minimum absolute atomic E-state index is 0.0420. The van der Waals surface area contributed by atoms with Crippen LogP contribution >= 0.6 is 0 Å². The molecule has 0 radical (unpaired) electrons. The van der Waals surface area contributed by atoms with Crippen LogP contribution < -0.4 is 10.5 Å². The highest BCUT2D eigenvalue weighted by atomic mass is 19.1. The number of carbonyl (C=O) groups is 1. The van der Waals surface area contributed by atoms with E-state index in [1.807, 2.05) is 42.5 Å². The lowest BCUT2D eigenvalue weighted by Gasteiger charge is -2.10. The number of hydrogen-bond acceptors (Lipinski definition) is 5. The number of hydrogen-bond donors (Lipinski definition) is 1. The van der Waals surface area contributed by atoms with Crippen LogP contribution in [0.2, 0.25) is 0 Å². The van der Waals surface area contributed by atoms with Crippen molar-refractivity contribution in [2.75, 3.05) is 5.73 Å². The zero-order chi connectivity index (χ0) is 29.8. The second kappa shape index (κ2) is 12.1. The Morgan fingerprint density at radius 2 is 1.44 bits per heavy atom. The molecule has 2 heterocycles. The van der Waals surface area contributed by atoms with Gasteiger partial charge >= 0.3 is 0 Å². The summed E-state index contributed by atoms with van der Waals surface area (Å²) in [6, 6.07) is 29.2. The van der Waals surface area contributed by atoms with Crippen LogP contribution in [0.1, 0.15) is 17.7 Å². The highest BCUT2D eigenvalue weighted by Gasteiger charge is 2.15. The van der Waals surface area contributed by atoms with E-state index in [4.69, 9.17) is 14.9 Å². The molecule has 0 atom stereocenters. The molecular weight excluding hydrogens is 546 g/mol. The maximum Gasteiger partial charge on any atom is 0.156 e. The lowest BCUT2D eigenvalue weighted by molar-refractivity contribution is -0.114. The first-order valence-electron chi connectivity index (χ1n) is 13.7. The van der Waals surface area contributed by atoms with Crippen LogP contribution in [0.4, 0.5) is 14.6 Å². The second-order valence-corrected chi connectivity index (χ2v) is 10.1. The summed E-state index contributed by atoms with van der Waals surface area (Å²) >= 11 is 0. The Labute approximate surface area is 246 Å². The summed E-state index contributed by atoms with van der Waals surface area (Å²) in [5, 5.41) is 0.870. The van der Waals surface area contributed by atoms with Gasteiger partial charge in [-0.05, 0) is 113 Å². The van der Waals surface area contributed by atoms with Gasteiger partial charge < -0.3 is 14.9 Å². The Morgan fingerprint density at radius 3 is 2.12 bits per heavy atom. The largest absolute Gasteiger partial charge is 0.460 e. The lowest BCUT2D eigenvalue weighted by Crippen LogP contribution is -1.95. The summed E-state index contributed by atoms with van der Waals surface area (Å²) in [6.07, 6.45) is 5.54. The lowest BCUT2D eigenvalue weighted by atomic mass is 9.96.